The van der Waals surface area contributed by atoms with E-state index in [-0.39, 0.29) is 12.8 Å². The van der Waals surface area contributed by atoms with Crippen LogP contribution in [0.1, 0.15) is 17.0 Å². The second-order valence-electron chi connectivity index (χ2n) is 5.79. The van der Waals surface area contributed by atoms with Gasteiger partial charge in [0.05, 0.1) is 21.8 Å². The molecule has 132 valence electrons. The highest BCUT2D eigenvalue weighted by atomic mass is 32.1. The third kappa shape index (κ3) is 3.86. The van der Waals surface area contributed by atoms with Gasteiger partial charge < -0.3 is 14.2 Å². The lowest BCUT2D eigenvalue weighted by atomic mass is 10.2. The number of benzene rings is 2. The van der Waals surface area contributed by atoms with E-state index in [9.17, 15) is 4.79 Å². The Bertz CT molecular complexity index is 930. The molecular weight excluding hydrogens is 350 g/mol. The Hall–Kier alpha value is -2.86. The molecule has 2 aromatic carbocycles. The van der Waals surface area contributed by atoms with Gasteiger partial charge in [0.25, 0.3) is 0 Å². The van der Waals surface area contributed by atoms with E-state index in [0.29, 0.717) is 12.4 Å². The quantitative estimate of drug-likeness (QED) is 0.371. The van der Waals surface area contributed by atoms with E-state index < -0.39 is 0 Å². The average Bonchev–Trinajstić information content (AvgIpc) is 3.29. The van der Waals surface area contributed by atoms with Crippen LogP contribution >= 0.6 is 11.3 Å². The molecule has 0 fully saturated rings. The highest BCUT2D eigenvalue weighted by Gasteiger charge is 2.12. The lowest BCUT2D eigenvalue weighted by molar-refractivity contribution is -0.137. The minimum absolute atomic E-state index is 0.235. The van der Waals surface area contributed by atoms with E-state index in [1.165, 1.54) is 10.8 Å². The molecule has 26 heavy (non-hydrogen) atoms. The van der Waals surface area contributed by atoms with Crippen LogP contribution in [0.25, 0.3) is 16.3 Å². The molecule has 6 heteroatoms. The van der Waals surface area contributed by atoms with Crippen molar-refractivity contribution >= 4 is 33.6 Å². The van der Waals surface area contributed by atoms with Gasteiger partial charge >= 0.3 is 5.97 Å². The van der Waals surface area contributed by atoms with Crippen LogP contribution in [0.3, 0.4) is 0 Å². The van der Waals surface area contributed by atoms with Crippen molar-refractivity contribution in [2.45, 2.75) is 12.8 Å². The molecule has 1 aromatic heterocycles. The van der Waals surface area contributed by atoms with E-state index in [1.807, 2.05) is 36.4 Å². The fourth-order valence-corrected chi connectivity index (χ4v) is 3.66. The van der Waals surface area contributed by atoms with Crippen molar-refractivity contribution in [3.63, 3.8) is 0 Å². The predicted octanol–water partition coefficient (Wildman–Crippen LogP) is 4.21. The van der Waals surface area contributed by atoms with Gasteiger partial charge in [-0.05, 0) is 42.3 Å². The highest BCUT2D eigenvalue weighted by Crippen LogP contribution is 2.32. The number of hydrogen-bond donors (Lipinski definition) is 0. The monoisotopic (exact) mass is 367 g/mol. The highest BCUT2D eigenvalue weighted by molar-refractivity contribution is 7.18. The molecule has 0 saturated carbocycles. The molecule has 0 N–H and O–H groups in total. The zero-order chi connectivity index (χ0) is 17.8. The molecule has 0 aliphatic carbocycles. The first-order valence-electron chi connectivity index (χ1n) is 8.37. The van der Waals surface area contributed by atoms with Gasteiger partial charge in [0.1, 0.15) is 0 Å². The molecule has 0 saturated heterocycles. The number of thiazole rings is 1. The third-order valence-corrected chi connectivity index (χ3v) is 5.02. The van der Waals surface area contributed by atoms with Crippen LogP contribution in [-0.4, -0.2) is 24.4 Å². The Morgan fingerprint density at radius 1 is 1.19 bits per heavy atom. The molecule has 0 unspecified atom stereocenters. The Morgan fingerprint density at radius 3 is 3.00 bits per heavy atom. The largest absolute Gasteiger partial charge is 0.463 e. The number of aromatic nitrogens is 1. The molecule has 0 amide bonds. The fraction of sp³-hybridized carbons (Fsp3) is 0.200. The average molecular weight is 367 g/mol. The molecule has 2 heterocycles. The second kappa shape index (κ2) is 7.58. The van der Waals surface area contributed by atoms with E-state index in [1.54, 1.807) is 17.4 Å². The van der Waals surface area contributed by atoms with Gasteiger partial charge in [-0.2, -0.15) is 0 Å². The first-order chi connectivity index (χ1) is 12.8. The molecule has 4 rings (SSSR count). The molecule has 0 radical (unpaired) electrons. The van der Waals surface area contributed by atoms with Crippen LogP contribution in [0.5, 0.6) is 11.5 Å². The van der Waals surface area contributed by atoms with Gasteiger partial charge in [0.15, 0.2) is 11.5 Å². The zero-order valence-electron chi connectivity index (χ0n) is 14.0. The smallest absolute Gasteiger partial charge is 0.330 e. The van der Waals surface area contributed by atoms with Crippen molar-refractivity contribution in [2.24, 2.45) is 0 Å². The summed E-state index contributed by atoms with van der Waals surface area (Å²) in [4.78, 5) is 16.4. The molecular formula is C20H17NO4S. The summed E-state index contributed by atoms with van der Waals surface area (Å²) < 4.78 is 17.0. The van der Waals surface area contributed by atoms with Crippen molar-refractivity contribution in [3.8, 4) is 11.5 Å². The van der Waals surface area contributed by atoms with Crippen molar-refractivity contribution in [3.05, 3.63) is 59.1 Å². The van der Waals surface area contributed by atoms with Crippen LogP contribution in [0.4, 0.5) is 0 Å². The molecule has 1 aliphatic heterocycles. The minimum atomic E-state index is -0.355. The van der Waals surface area contributed by atoms with E-state index in [0.717, 1.165) is 34.7 Å². The van der Waals surface area contributed by atoms with Crippen molar-refractivity contribution in [1.82, 2.24) is 4.98 Å². The van der Waals surface area contributed by atoms with Crippen molar-refractivity contribution < 1.29 is 19.0 Å². The van der Waals surface area contributed by atoms with Crippen LogP contribution in [0, 0.1) is 0 Å². The van der Waals surface area contributed by atoms with E-state index in [4.69, 9.17) is 14.2 Å². The number of nitrogens with zero attached hydrogens (tertiary/aromatic N) is 1. The summed E-state index contributed by atoms with van der Waals surface area (Å²) in [5.74, 6) is 1.06. The Labute approximate surface area is 154 Å². The summed E-state index contributed by atoms with van der Waals surface area (Å²) in [5.41, 5.74) is 1.89. The zero-order valence-corrected chi connectivity index (χ0v) is 14.8. The fourth-order valence-electron chi connectivity index (χ4n) is 2.65. The Kier molecular flexibility index (Phi) is 4.84. The summed E-state index contributed by atoms with van der Waals surface area (Å²) >= 11 is 1.69. The number of ether oxygens (including phenoxy) is 3. The predicted molar refractivity (Wildman–Crippen MR) is 100 cm³/mol. The summed E-state index contributed by atoms with van der Waals surface area (Å²) in [5, 5.41) is 1.07. The minimum Gasteiger partial charge on any atom is -0.463 e. The molecule has 0 bridgehead atoms. The van der Waals surface area contributed by atoms with E-state index >= 15 is 0 Å². The van der Waals surface area contributed by atoms with Crippen LogP contribution < -0.4 is 9.47 Å². The van der Waals surface area contributed by atoms with Crippen molar-refractivity contribution in [2.75, 3.05) is 13.4 Å². The SMILES string of the molecule is O=C(/C=C/c1ccc2c(c1)OCO2)OCCCc1nc2ccccc2s1. The van der Waals surface area contributed by atoms with Gasteiger partial charge in [-0.1, -0.05) is 18.2 Å². The second-order valence-corrected chi connectivity index (χ2v) is 6.91. The van der Waals surface area contributed by atoms with Gasteiger partial charge in [0, 0.05) is 12.5 Å². The number of esters is 1. The van der Waals surface area contributed by atoms with Gasteiger partial charge in [-0.3, -0.25) is 0 Å². The number of aryl methyl sites for hydroxylation is 1. The Balaban J connectivity index is 1.23. The number of carbonyl (C=O) groups excluding carboxylic acids is 1. The lowest BCUT2D eigenvalue weighted by Crippen LogP contribution is -2.03. The number of hydrogen-bond acceptors (Lipinski definition) is 6. The summed E-state index contributed by atoms with van der Waals surface area (Å²) in [6.45, 7) is 0.611. The van der Waals surface area contributed by atoms with Gasteiger partial charge in [0.2, 0.25) is 6.79 Å². The number of para-hydroxylation sites is 1. The maximum absolute atomic E-state index is 11.8. The molecule has 1 aliphatic rings. The standard InChI is InChI=1S/C20H17NO4S/c22-20(10-8-14-7-9-16-17(12-14)25-13-24-16)23-11-3-6-19-21-15-4-1-2-5-18(15)26-19/h1-2,4-5,7-10,12H,3,6,11,13H2/b10-8+. The van der Waals surface area contributed by atoms with Gasteiger partial charge in [-0.15, -0.1) is 11.3 Å². The molecule has 5 nitrogen and oxygen atoms in total. The molecule has 0 atom stereocenters. The normalized spacial score (nSPS) is 12.8. The van der Waals surface area contributed by atoms with Crippen LogP contribution in [0.15, 0.2) is 48.5 Å². The van der Waals surface area contributed by atoms with Crippen molar-refractivity contribution in [1.29, 1.82) is 0 Å². The maximum atomic E-state index is 11.8. The first-order valence-corrected chi connectivity index (χ1v) is 9.18. The maximum Gasteiger partial charge on any atom is 0.330 e. The van der Waals surface area contributed by atoms with Crippen LogP contribution in [0.2, 0.25) is 0 Å². The first kappa shape index (κ1) is 16.6. The lowest BCUT2D eigenvalue weighted by Gasteiger charge is -2.01. The summed E-state index contributed by atoms with van der Waals surface area (Å²) in [7, 11) is 0. The summed E-state index contributed by atoms with van der Waals surface area (Å²) in [6, 6.07) is 13.6. The van der Waals surface area contributed by atoms with Gasteiger partial charge in [-0.25, -0.2) is 9.78 Å². The number of carbonyl (C=O) groups is 1. The van der Waals surface area contributed by atoms with Crippen LogP contribution in [-0.2, 0) is 16.0 Å². The van der Waals surface area contributed by atoms with E-state index in [2.05, 4.69) is 11.1 Å². The summed E-state index contributed by atoms with van der Waals surface area (Å²) in [6.07, 6.45) is 4.69. The molecule has 0 spiro atoms. The topological polar surface area (TPSA) is 57.7 Å². The molecule has 3 aromatic rings. The number of fused-ring (bicyclic) bond motifs is 2. The third-order valence-electron chi connectivity index (χ3n) is 3.93. The number of rotatable bonds is 6. The Morgan fingerprint density at radius 2 is 2.08 bits per heavy atom.